The number of likely N-dealkylation sites (tertiary alicyclic amines) is 1. The Morgan fingerprint density at radius 1 is 1.19 bits per heavy atom. The molecule has 0 unspecified atom stereocenters. The molecule has 0 spiro atoms. The Morgan fingerprint density at radius 2 is 1.90 bits per heavy atom. The number of pyridine rings is 1. The molecule has 21 heavy (non-hydrogen) atoms. The molecule has 0 saturated carbocycles. The number of hydrogen-bond acceptors (Lipinski definition) is 2. The molecule has 1 saturated heterocycles. The summed E-state index contributed by atoms with van der Waals surface area (Å²) in [5, 5.41) is 1.99. The summed E-state index contributed by atoms with van der Waals surface area (Å²) in [4.78, 5) is 17.8. The predicted molar refractivity (Wildman–Crippen MR) is 88.1 cm³/mol. The van der Waals surface area contributed by atoms with Gasteiger partial charge in [0.15, 0.2) is 0 Å². The summed E-state index contributed by atoms with van der Waals surface area (Å²) in [6.07, 6.45) is 2.37. The fraction of sp³-hybridized carbons (Fsp3) is 0.500. The van der Waals surface area contributed by atoms with E-state index < -0.39 is 0 Å². The average Bonchev–Trinajstić information content (AvgIpc) is 2.48. The maximum absolute atomic E-state index is 12.2. The van der Waals surface area contributed by atoms with Crippen LogP contribution in [0.15, 0.2) is 23.0 Å². The molecule has 3 rings (SSSR count). The van der Waals surface area contributed by atoms with Crippen molar-refractivity contribution in [3.05, 3.63) is 45.4 Å². The second kappa shape index (κ2) is 5.64. The highest BCUT2D eigenvalue weighted by Gasteiger charge is 2.23. The highest BCUT2D eigenvalue weighted by atomic mass is 16.1. The van der Waals surface area contributed by atoms with Gasteiger partial charge in [0.25, 0.3) is 5.56 Å². The van der Waals surface area contributed by atoms with Crippen LogP contribution in [0.3, 0.4) is 0 Å². The van der Waals surface area contributed by atoms with Gasteiger partial charge >= 0.3 is 0 Å². The van der Waals surface area contributed by atoms with E-state index in [2.05, 4.69) is 28.9 Å². The van der Waals surface area contributed by atoms with Crippen LogP contribution in [0.2, 0.25) is 0 Å². The minimum Gasteiger partial charge on any atom is -0.326 e. The van der Waals surface area contributed by atoms with Crippen LogP contribution < -0.4 is 5.56 Å². The molecule has 0 bridgehead atoms. The standard InChI is InChI=1S/C18H24N2O/c1-4-20-9-7-14(8-10-20)17-13(3)19-18(21)16-11-12(2)5-6-15(16)17/h5-6,11,14H,4,7-10H2,1-3H3,(H,19,21). The minimum atomic E-state index is 0.0425. The minimum absolute atomic E-state index is 0.0425. The summed E-state index contributed by atoms with van der Waals surface area (Å²) in [7, 11) is 0. The van der Waals surface area contributed by atoms with E-state index in [0.717, 1.165) is 41.7 Å². The van der Waals surface area contributed by atoms with E-state index in [-0.39, 0.29) is 5.56 Å². The summed E-state index contributed by atoms with van der Waals surface area (Å²) in [5.41, 5.74) is 3.59. The predicted octanol–water partition coefficient (Wildman–Crippen LogP) is 3.34. The number of rotatable bonds is 2. The van der Waals surface area contributed by atoms with Crippen LogP contribution in [0.4, 0.5) is 0 Å². The first-order valence-corrected chi connectivity index (χ1v) is 7.95. The largest absolute Gasteiger partial charge is 0.326 e. The van der Waals surface area contributed by atoms with Crippen LogP contribution in [-0.2, 0) is 0 Å². The third-order valence-electron chi connectivity index (χ3n) is 4.86. The van der Waals surface area contributed by atoms with E-state index in [1.54, 1.807) is 0 Å². The van der Waals surface area contributed by atoms with Gasteiger partial charge in [-0.2, -0.15) is 0 Å². The first-order chi connectivity index (χ1) is 10.1. The van der Waals surface area contributed by atoms with Crippen molar-refractivity contribution in [2.75, 3.05) is 19.6 Å². The summed E-state index contributed by atoms with van der Waals surface area (Å²) in [6.45, 7) is 9.77. The molecule has 3 nitrogen and oxygen atoms in total. The van der Waals surface area contributed by atoms with E-state index in [1.807, 2.05) is 19.9 Å². The van der Waals surface area contributed by atoms with Crippen molar-refractivity contribution >= 4 is 10.8 Å². The van der Waals surface area contributed by atoms with Crippen molar-refractivity contribution in [1.82, 2.24) is 9.88 Å². The first-order valence-electron chi connectivity index (χ1n) is 7.95. The molecule has 112 valence electrons. The van der Waals surface area contributed by atoms with Crippen LogP contribution in [0.5, 0.6) is 0 Å². The molecule has 0 radical (unpaired) electrons. The van der Waals surface area contributed by atoms with Crippen molar-refractivity contribution in [1.29, 1.82) is 0 Å². The van der Waals surface area contributed by atoms with Crippen molar-refractivity contribution in [3.8, 4) is 0 Å². The molecule has 1 N–H and O–H groups in total. The number of benzene rings is 1. The molecule has 1 aromatic heterocycles. The van der Waals surface area contributed by atoms with Gasteiger partial charge in [-0.15, -0.1) is 0 Å². The van der Waals surface area contributed by atoms with Gasteiger partial charge in [-0.25, -0.2) is 0 Å². The van der Waals surface area contributed by atoms with Crippen LogP contribution in [0.25, 0.3) is 10.8 Å². The normalized spacial score (nSPS) is 17.5. The Labute approximate surface area is 126 Å². The summed E-state index contributed by atoms with van der Waals surface area (Å²) in [6, 6.07) is 6.26. The van der Waals surface area contributed by atoms with Crippen LogP contribution >= 0.6 is 0 Å². The molecule has 0 aliphatic carbocycles. The summed E-state index contributed by atoms with van der Waals surface area (Å²) < 4.78 is 0. The number of aromatic amines is 1. The molecule has 0 amide bonds. The smallest absolute Gasteiger partial charge is 0.256 e. The fourth-order valence-corrected chi connectivity index (χ4v) is 3.65. The van der Waals surface area contributed by atoms with Crippen molar-refractivity contribution in [2.24, 2.45) is 0 Å². The molecule has 2 heterocycles. The maximum atomic E-state index is 12.2. The van der Waals surface area contributed by atoms with Gasteiger partial charge < -0.3 is 9.88 Å². The molecule has 1 aliphatic heterocycles. The number of nitrogens with one attached hydrogen (secondary N) is 1. The van der Waals surface area contributed by atoms with Crippen molar-refractivity contribution in [2.45, 2.75) is 39.5 Å². The number of H-pyrrole nitrogens is 1. The van der Waals surface area contributed by atoms with Gasteiger partial charge in [0, 0.05) is 11.1 Å². The Morgan fingerprint density at radius 3 is 2.57 bits per heavy atom. The fourth-order valence-electron chi connectivity index (χ4n) is 3.65. The molecular formula is C18H24N2O. The first kappa shape index (κ1) is 14.3. The highest BCUT2D eigenvalue weighted by Crippen LogP contribution is 2.33. The molecule has 1 aliphatic rings. The lowest BCUT2D eigenvalue weighted by atomic mass is 9.85. The number of nitrogens with zero attached hydrogens (tertiary/aromatic N) is 1. The topological polar surface area (TPSA) is 36.1 Å². The summed E-state index contributed by atoms with van der Waals surface area (Å²) in [5.74, 6) is 0.565. The van der Waals surface area contributed by atoms with Gasteiger partial charge in [0.05, 0.1) is 0 Å². The SMILES string of the molecule is CCN1CCC(c2c(C)[nH]c(=O)c3cc(C)ccc23)CC1. The number of piperidine rings is 1. The van der Waals surface area contributed by atoms with Crippen molar-refractivity contribution < 1.29 is 0 Å². The molecular weight excluding hydrogens is 260 g/mol. The summed E-state index contributed by atoms with van der Waals surface area (Å²) >= 11 is 0. The molecule has 1 fully saturated rings. The van der Waals surface area contributed by atoms with Crippen LogP contribution in [0, 0.1) is 13.8 Å². The monoisotopic (exact) mass is 284 g/mol. The van der Waals surface area contributed by atoms with Crippen LogP contribution in [0.1, 0.15) is 42.5 Å². The zero-order valence-corrected chi connectivity index (χ0v) is 13.2. The number of fused-ring (bicyclic) bond motifs is 1. The number of aromatic nitrogens is 1. The lowest BCUT2D eigenvalue weighted by Gasteiger charge is -2.32. The van der Waals surface area contributed by atoms with E-state index >= 15 is 0 Å². The molecule has 2 aromatic rings. The van der Waals surface area contributed by atoms with Gasteiger partial charge in [0.1, 0.15) is 0 Å². The second-order valence-electron chi connectivity index (χ2n) is 6.25. The van der Waals surface area contributed by atoms with E-state index in [9.17, 15) is 4.79 Å². The molecule has 0 atom stereocenters. The van der Waals surface area contributed by atoms with E-state index in [0.29, 0.717) is 5.92 Å². The number of aryl methyl sites for hydroxylation is 2. The van der Waals surface area contributed by atoms with Crippen molar-refractivity contribution in [3.63, 3.8) is 0 Å². The second-order valence-corrected chi connectivity index (χ2v) is 6.25. The van der Waals surface area contributed by atoms with Gasteiger partial charge in [-0.05, 0) is 69.3 Å². The maximum Gasteiger partial charge on any atom is 0.256 e. The average molecular weight is 284 g/mol. The Hall–Kier alpha value is -1.61. The van der Waals surface area contributed by atoms with E-state index in [1.165, 1.54) is 18.4 Å². The Bertz CT molecular complexity index is 709. The third kappa shape index (κ3) is 2.62. The van der Waals surface area contributed by atoms with Gasteiger partial charge in [0.2, 0.25) is 0 Å². The lowest BCUT2D eigenvalue weighted by molar-refractivity contribution is 0.222. The zero-order valence-electron chi connectivity index (χ0n) is 13.2. The number of hydrogen-bond donors (Lipinski definition) is 1. The lowest BCUT2D eigenvalue weighted by Crippen LogP contribution is -2.33. The Balaban J connectivity index is 2.08. The third-order valence-corrected chi connectivity index (χ3v) is 4.86. The molecule has 3 heteroatoms. The quantitative estimate of drug-likeness (QED) is 0.918. The zero-order chi connectivity index (χ0) is 15.0. The van der Waals surface area contributed by atoms with Gasteiger partial charge in [-0.3, -0.25) is 4.79 Å². The van der Waals surface area contributed by atoms with E-state index in [4.69, 9.17) is 0 Å². The highest BCUT2D eigenvalue weighted by molar-refractivity contribution is 5.86. The molecule has 1 aromatic carbocycles. The van der Waals surface area contributed by atoms with Crippen LogP contribution in [-0.4, -0.2) is 29.5 Å². The Kier molecular flexibility index (Phi) is 3.85. The van der Waals surface area contributed by atoms with Gasteiger partial charge in [-0.1, -0.05) is 24.6 Å².